The summed E-state index contributed by atoms with van der Waals surface area (Å²) in [6.07, 6.45) is 0. The van der Waals surface area contributed by atoms with Gasteiger partial charge >= 0.3 is 0 Å². The third-order valence-corrected chi connectivity index (χ3v) is 4.61. The molecule has 25 heavy (non-hydrogen) atoms. The Bertz CT molecular complexity index is 707. The summed E-state index contributed by atoms with van der Waals surface area (Å²) < 4.78 is 0. The van der Waals surface area contributed by atoms with Crippen LogP contribution in [0.4, 0.5) is 11.4 Å². The van der Waals surface area contributed by atoms with Gasteiger partial charge in [0.05, 0.1) is 10.2 Å². The van der Waals surface area contributed by atoms with Crippen molar-refractivity contribution in [3.8, 4) is 0 Å². The number of benzene rings is 2. The Morgan fingerprint density at radius 1 is 1.12 bits per heavy atom. The zero-order valence-corrected chi connectivity index (χ0v) is 15.0. The van der Waals surface area contributed by atoms with E-state index in [9.17, 15) is 14.9 Å². The van der Waals surface area contributed by atoms with E-state index >= 15 is 0 Å². The van der Waals surface area contributed by atoms with E-state index in [1.807, 2.05) is 44.2 Å². The molecule has 2 aromatic rings. The molecule has 6 nitrogen and oxygen atoms in total. The van der Waals surface area contributed by atoms with Crippen LogP contribution in [-0.2, 0) is 4.79 Å². The molecule has 132 valence electrons. The summed E-state index contributed by atoms with van der Waals surface area (Å²) in [5, 5.41) is 16.6. The molecule has 0 bridgehead atoms. The second-order valence-electron chi connectivity index (χ2n) is 5.67. The number of carbonyl (C=O) groups excluding carboxylic acids is 1. The van der Waals surface area contributed by atoms with Crippen LogP contribution in [0.3, 0.4) is 0 Å². The number of nitro groups is 1. The van der Waals surface area contributed by atoms with Crippen molar-refractivity contribution in [3.05, 3.63) is 64.7 Å². The van der Waals surface area contributed by atoms with Gasteiger partial charge in [0.2, 0.25) is 5.91 Å². The molecule has 0 spiro atoms. The highest BCUT2D eigenvalue weighted by Gasteiger charge is 2.15. The minimum absolute atomic E-state index is 0.0438. The molecule has 2 N–H and O–H groups in total. The minimum Gasteiger partial charge on any atom is -0.381 e. The predicted octanol–water partition coefficient (Wildman–Crippen LogP) is 3.69. The number of rotatable bonds is 8. The molecule has 0 aliphatic carbocycles. The minimum atomic E-state index is -0.439. The summed E-state index contributed by atoms with van der Waals surface area (Å²) in [4.78, 5) is 23.2. The van der Waals surface area contributed by atoms with E-state index in [-0.39, 0.29) is 22.9 Å². The average Bonchev–Trinajstić information content (AvgIpc) is 2.61. The Hall–Kier alpha value is -2.54. The molecule has 0 aromatic heterocycles. The van der Waals surface area contributed by atoms with Gasteiger partial charge in [-0.1, -0.05) is 18.2 Å². The van der Waals surface area contributed by atoms with Crippen molar-refractivity contribution in [2.45, 2.75) is 30.0 Å². The van der Waals surface area contributed by atoms with Crippen LogP contribution in [-0.4, -0.2) is 28.7 Å². The summed E-state index contributed by atoms with van der Waals surface area (Å²) in [5.41, 5.74) is 1.06. The molecule has 2 aromatic carbocycles. The van der Waals surface area contributed by atoms with Crippen LogP contribution in [0.5, 0.6) is 0 Å². The van der Waals surface area contributed by atoms with E-state index in [1.165, 1.54) is 23.9 Å². The van der Waals surface area contributed by atoms with E-state index < -0.39 is 4.92 Å². The summed E-state index contributed by atoms with van der Waals surface area (Å²) >= 11 is 1.37. The van der Waals surface area contributed by atoms with E-state index in [1.54, 1.807) is 12.1 Å². The third-order valence-electron chi connectivity index (χ3n) is 3.50. The number of nitro benzene ring substituents is 1. The maximum Gasteiger partial charge on any atom is 0.269 e. The van der Waals surface area contributed by atoms with Gasteiger partial charge < -0.3 is 10.6 Å². The van der Waals surface area contributed by atoms with Gasteiger partial charge in [0.25, 0.3) is 5.69 Å². The molecular formula is C18H21N3O3S. The number of hydrogen-bond donors (Lipinski definition) is 2. The van der Waals surface area contributed by atoms with Crippen molar-refractivity contribution in [1.29, 1.82) is 0 Å². The van der Waals surface area contributed by atoms with Crippen LogP contribution >= 0.6 is 11.8 Å². The van der Waals surface area contributed by atoms with E-state index in [0.717, 1.165) is 10.6 Å². The summed E-state index contributed by atoms with van der Waals surface area (Å²) in [7, 11) is 0. The van der Waals surface area contributed by atoms with Crippen molar-refractivity contribution in [2.75, 3.05) is 11.9 Å². The summed E-state index contributed by atoms with van der Waals surface area (Å²) in [6.45, 7) is 4.33. The van der Waals surface area contributed by atoms with Gasteiger partial charge in [0, 0.05) is 35.3 Å². The van der Waals surface area contributed by atoms with Gasteiger partial charge in [-0.2, -0.15) is 0 Å². The Balaban J connectivity index is 1.78. The second kappa shape index (κ2) is 9.08. The number of non-ortho nitro benzene ring substituents is 1. The van der Waals surface area contributed by atoms with Gasteiger partial charge in [-0.3, -0.25) is 14.9 Å². The lowest BCUT2D eigenvalue weighted by molar-refractivity contribution is -0.384. The van der Waals surface area contributed by atoms with Crippen molar-refractivity contribution < 1.29 is 9.72 Å². The number of carbonyl (C=O) groups is 1. The number of para-hydroxylation sites is 1. The molecule has 2 atom stereocenters. The molecule has 7 heteroatoms. The number of nitrogens with one attached hydrogen (secondary N) is 2. The Morgan fingerprint density at radius 3 is 2.36 bits per heavy atom. The lowest BCUT2D eigenvalue weighted by Gasteiger charge is -2.18. The number of thioether (sulfide) groups is 1. The fourth-order valence-electron chi connectivity index (χ4n) is 2.17. The van der Waals surface area contributed by atoms with Crippen LogP contribution < -0.4 is 10.6 Å². The molecular weight excluding hydrogens is 338 g/mol. The highest BCUT2D eigenvalue weighted by atomic mass is 32.2. The Morgan fingerprint density at radius 2 is 1.76 bits per heavy atom. The SMILES string of the molecule is C[C@H](CNC(=O)[C@H](C)Sc1ccc([N+](=O)[O-])cc1)Nc1ccccc1. The molecule has 0 fully saturated rings. The van der Waals surface area contributed by atoms with Gasteiger partial charge in [-0.05, 0) is 38.1 Å². The van der Waals surface area contributed by atoms with Crippen LogP contribution in [0.15, 0.2) is 59.5 Å². The fourth-order valence-corrected chi connectivity index (χ4v) is 3.06. The topological polar surface area (TPSA) is 84.3 Å². The molecule has 0 aliphatic heterocycles. The number of anilines is 1. The van der Waals surface area contributed by atoms with Crippen LogP contribution in [0.2, 0.25) is 0 Å². The Labute approximate surface area is 151 Å². The summed E-state index contributed by atoms with van der Waals surface area (Å²) in [5.74, 6) is -0.0648. The first-order valence-corrected chi connectivity index (χ1v) is 8.84. The highest BCUT2D eigenvalue weighted by molar-refractivity contribution is 8.00. The maximum absolute atomic E-state index is 12.2. The molecule has 0 unspecified atom stereocenters. The van der Waals surface area contributed by atoms with Crippen molar-refractivity contribution in [2.24, 2.45) is 0 Å². The van der Waals surface area contributed by atoms with Gasteiger partial charge in [-0.15, -0.1) is 11.8 Å². The molecule has 0 radical (unpaired) electrons. The quantitative estimate of drug-likeness (QED) is 0.427. The zero-order chi connectivity index (χ0) is 18.2. The van der Waals surface area contributed by atoms with Gasteiger partial charge in [0.15, 0.2) is 0 Å². The third kappa shape index (κ3) is 6.11. The highest BCUT2D eigenvalue weighted by Crippen LogP contribution is 2.25. The predicted molar refractivity (Wildman–Crippen MR) is 101 cm³/mol. The maximum atomic E-state index is 12.2. The van der Waals surface area contributed by atoms with E-state index in [4.69, 9.17) is 0 Å². The van der Waals surface area contributed by atoms with Gasteiger partial charge in [0.1, 0.15) is 0 Å². The number of hydrogen-bond acceptors (Lipinski definition) is 5. The molecule has 0 saturated carbocycles. The fraction of sp³-hybridized carbons (Fsp3) is 0.278. The Kier molecular flexibility index (Phi) is 6.82. The first-order valence-electron chi connectivity index (χ1n) is 7.96. The second-order valence-corrected chi connectivity index (χ2v) is 7.08. The first kappa shape index (κ1) is 18.8. The molecule has 0 saturated heterocycles. The van der Waals surface area contributed by atoms with E-state index in [2.05, 4.69) is 10.6 Å². The van der Waals surface area contributed by atoms with Crippen molar-refractivity contribution in [3.63, 3.8) is 0 Å². The standard InChI is InChI=1S/C18H21N3O3S/c1-13(20-15-6-4-3-5-7-15)12-19-18(22)14(2)25-17-10-8-16(9-11-17)21(23)24/h3-11,13-14,20H,12H2,1-2H3,(H,19,22)/t13-,14+/m1/s1. The summed E-state index contributed by atoms with van der Waals surface area (Å²) in [6, 6.07) is 16.1. The average molecular weight is 359 g/mol. The monoisotopic (exact) mass is 359 g/mol. The molecule has 2 rings (SSSR count). The smallest absolute Gasteiger partial charge is 0.269 e. The van der Waals surface area contributed by atoms with Crippen LogP contribution in [0.1, 0.15) is 13.8 Å². The first-order chi connectivity index (χ1) is 12.0. The van der Waals surface area contributed by atoms with Crippen molar-refractivity contribution in [1.82, 2.24) is 5.32 Å². The van der Waals surface area contributed by atoms with Gasteiger partial charge in [-0.25, -0.2) is 0 Å². The normalized spacial score (nSPS) is 12.9. The van der Waals surface area contributed by atoms with Crippen LogP contribution in [0, 0.1) is 10.1 Å². The van der Waals surface area contributed by atoms with E-state index in [0.29, 0.717) is 6.54 Å². The largest absolute Gasteiger partial charge is 0.381 e. The number of nitrogens with zero attached hydrogens (tertiary/aromatic N) is 1. The number of amides is 1. The molecule has 0 aliphatic rings. The lowest BCUT2D eigenvalue weighted by atomic mass is 10.2. The van der Waals surface area contributed by atoms with Crippen molar-refractivity contribution >= 4 is 29.0 Å². The molecule has 0 heterocycles. The zero-order valence-electron chi connectivity index (χ0n) is 14.1. The molecule has 1 amide bonds. The van der Waals surface area contributed by atoms with Crippen LogP contribution in [0.25, 0.3) is 0 Å². The lowest BCUT2D eigenvalue weighted by Crippen LogP contribution is -2.38.